The Hall–Kier alpha value is -1.89. The number of nitrogens with zero attached hydrogens (tertiary/aromatic N) is 1. The molecule has 0 saturated carbocycles. The van der Waals surface area contributed by atoms with Gasteiger partial charge in [0.1, 0.15) is 17.4 Å². The number of ketones is 1. The molecule has 0 aliphatic carbocycles. The van der Waals surface area contributed by atoms with Crippen LogP contribution in [0, 0.1) is 0 Å². The van der Waals surface area contributed by atoms with E-state index >= 15 is 0 Å². The fourth-order valence-corrected chi connectivity index (χ4v) is 4.48. The standard InChI is InChI=1S/C17H21NO5S/c1-9(19)12-8-11-15(24-12)14(18-7-5-6-13(18)21)16(22-10(2)20)17(3,4)23-11/h8,14,16H,5-7H2,1-4H3/t14-,16+/m1/s1. The summed E-state index contributed by atoms with van der Waals surface area (Å²) in [6, 6.07) is 1.31. The maximum Gasteiger partial charge on any atom is 0.303 e. The Kier molecular flexibility index (Phi) is 4.15. The summed E-state index contributed by atoms with van der Waals surface area (Å²) in [5.41, 5.74) is -0.804. The molecule has 2 aliphatic heterocycles. The average molecular weight is 351 g/mol. The van der Waals surface area contributed by atoms with Gasteiger partial charge in [-0.15, -0.1) is 11.3 Å². The number of rotatable bonds is 3. The molecule has 1 saturated heterocycles. The van der Waals surface area contributed by atoms with E-state index in [0.29, 0.717) is 23.6 Å². The number of fused-ring (bicyclic) bond motifs is 1. The van der Waals surface area contributed by atoms with Gasteiger partial charge >= 0.3 is 5.97 Å². The molecule has 2 atom stereocenters. The van der Waals surface area contributed by atoms with Crippen LogP contribution < -0.4 is 4.74 Å². The number of likely N-dealkylation sites (tertiary alicyclic amines) is 1. The molecule has 0 N–H and O–H groups in total. The highest BCUT2D eigenvalue weighted by Gasteiger charge is 2.51. The molecule has 0 aromatic carbocycles. The van der Waals surface area contributed by atoms with Crippen LogP contribution in [0.2, 0.25) is 0 Å². The van der Waals surface area contributed by atoms with Crippen molar-refractivity contribution < 1.29 is 23.9 Å². The molecule has 7 heteroatoms. The largest absolute Gasteiger partial charge is 0.483 e. The quantitative estimate of drug-likeness (QED) is 0.618. The number of thiophene rings is 1. The predicted molar refractivity (Wildman–Crippen MR) is 88.3 cm³/mol. The summed E-state index contributed by atoms with van der Waals surface area (Å²) in [4.78, 5) is 38.9. The van der Waals surface area contributed by atoms with E-state index in [-0.39, 0.29) is 11.7 Å². The van der Waals surface area contributed by atoms with E-state index < -0.39 is 23.7 Å². The lowest BCUT2D eigenvalue weighted by Crippen LogP contribution is -2.55. The fourth-order valence-electron chi connectivity index (χ4n) is 3.36. The van der Waals surface area contributed by atoms with Gasteiger partial charge in [-0.1, -0.05) is 0 Å². The van der Waals surface area contributed by atoms with E-state index in [1.807, 2.05) is 13.8 Å². The summed E-state index contributed by atoms with van der Waals surface area (Å²) in [6.07, 6.45) is 0.650. The molecule has 2 aliphatic rings. The lowest BCUT2D eigenvalue weighted by Gasteiger charge is -2.45. The predicted octanol–water partition coefficient (Wildman–Crippen LogP) is 2.72. The van der Waals surface area contributed by atoms with E-state index in [9.17, 15) is 14.4 Å². The molecule has 6 nitrogen and oxygen atoms in total. The van der Waals surface area contributed by atoms with Gasteiger partial charge in [0.25, 0.3) is 0 Å². The molecular weight excluding hydrogens is 330 g/mol. The number of hydrogen-bond donors (Lipinski definition) is 0. The third-order valence-corrected chi connectivity index (χ3v) is 5.71. The molecule has 130 valence electrons. The molecule has 3 rings (SSSR count). The van der Waals surface area contributed by atoms with Crippen LogP contribution in [-0.2, 0) is 14.3 Å². The highest BCUT2D eigenvalue weighted by atomic mass is 32.1. The number of carbonyl (C=O) groups is 3. The SMILES string of the molecule is CC(=O)O[C@H]1[C@H](N2CCCC2=O)c2sc(C(C)=O)cc2OC1(C)C. The monoisotopic (exact) mass is 351 g/mol. The van der Waals surface area contributed by atoms with Crippen molar-refractivity contribution in [1.82, 2.24) is 4.90 Å². The third-order valence-electron chi connectivity index (χ3n) is 4.42. The first kappa shape index (κ1) is 17.0. The molecule has 0 unspecified atom stereocenters. The number of hydrogen-bond acceptors (Lipinski definition) is 6. The summed E-state index contributed by atoms with van der Waals surface area (Å²) in [5, 5.41) is 0. The van der Waals surface area contributed by atoms with E-state index in [1.54, 1.807) is 11.0 Å². The summed E-state index contributed by atoms with van der Waals surface area (Å²) in [5.74, 6) is 0.174. The average Bonchev–Trinajstić information content (AvgIpc) is 3.05. The first-order valence-corrected chi connectivity index (χ1v) is 8.82. The molecular formula is C17H21NO5S. The summed E-state index contributed by atoms with van der Waals surface area (Å²) in [7, 11) is 0. The molecule has 0 spiro atoms. The van der Waals surface area contributed by atoms with Crippen LogP contribution >= 0.6 is 11.3 Å². The minimum absolute atomic E-state index is 0.0403. The lowest BCUT2D eigenvalue weighted by molar-refractivity contribution is -0.171. The smallest absolute Gasteiger partial charge is 0.303 e. The minimum Gasteiger partial charge on any atom is -0.483 e. The molecule has 1 amide bonds. The zero-order valence-electron chi connectivity index (χ0n) is 14.3. The molecule has 0 radical (unpaired) electrons. The summed E-state index contributed by atoms with van der Waals surface area (Å²) >= 11 is 1.31. The normalized spacial score (nSPS) is 25.2. The van der Waals surface area contributed by atoms with Crippen molar-refractivity contribution >= 4 is 29.0 Å². The van der Waals surface area contributed by atoms with Gasteiger partial charge < -0.3 is 14.4 Å². The number of ether oxygens (including phenoxy) is 2. The minimum atomic E-state index is -0.804. The Morgan fingerprint density at radius 1 is 1.38 bits per heavy atom. The lowest BCUT2D eigenvalue weighted by atomic mass is 9.89. The van der Waals surface area contributed by atoms with Gasteiger partial charge in [-0.2, -0.15) is 0 Å². The van der Waals surface area contributed by atoms with Crippen LogP contribution in [0.3, 0.4) is 0 Å². The maximum atomic E-state index is 12.3. The molecule has 24 heavy (non-hydrogen) atoms. The van der Waals surface area contributed by atoms with Crippen molar-refractivity contribution in [3.8, 4) is 5.75 Å². The van der Waals surface area contributed by atoms with Gasteiger partial charge in [0.2, 0.25) is 5.91 Å². The number of amides is 1. The van der Waals surface area contributed by atoms with Gasteiger partial charge in [0.15, 0.2) is 11.9 Å². The van der Waals surface area contributed by atoms with Crippen molar-refractivity contribution in [2.24, 2.45) is 0 Å². The van der Waals surface area contributed by atoms with Gasteiger partial charge in [0.05, 0.1) is 9.75 Å². The van der Waals surface area contributed by atoms with E-state index in [2.05, 4.69) is 0 Å². The second-order valence-corrected chi connectivity index (χ2v) is 7.85. The highest BCUT2D eigenvalue weighted by molar-refractivity contribution is 7.14. The van der Waals surface area contributed by atoms with Crippen molar-refractivity contribution in [2.75, 3.05) is 6.54 Å². The number of Topliss-reactive ketones (excluding diaryl/α,β-unsaturated/α-hetero) is 1. The van der Waals surface area contributed by atoms with Crippen LogP contribution in [0.25, 0.3) is 0 Å². The number of carbonyl (C=O) groups excluding carboxylic acids is 3. The van der Waals surface area contributed by atoms with Crippen molar-refractivity contribution in [3.05, 3.63) is 15.8 Å². The van der Waals surface area contributed by atoms with E-state index in [1.165, 1.54) is 25.2 Å². The van der Waals surface area contributed by atoms with Crippen molar-refractivity contribution in [2.45, 2.75) is 58.3 Å². The van der Waals surface area contributed by atoms with E-state index in [0.717, 1.165) is 11.3 Å². The summed E-state index contributed by atoms with van der Waals surface area (Å²) in [6.45, 7) is 7.14. The Labute approximate surface area is 144 Å². The van der Waals surface area contributed by atoms with Crippen LogP contribution in [0.5, 0.6) is 5.75 Å². The van der Waals surface area contributed by atoms with Crippen molar-refractivity contribution in [3.63, 3.8) is 0 Å². The fraction of sp³-hybridized carbons (Fsp3) is 0.588. The van der Waals surface area contributed by atoms with Crippen LogP contribution in [0.4, 0.5) is 0 Å². The highest BCUT2D eigenvalue weighted by Crippen LogP contribution is 2.49. The summed E-state index contributed by atoms with van der Waals surface area (Å²) < 4.78 is 11.6. The molecule has 1 aromatic heterocycles. The Morgan fingerprint density at radius 2 is 2.08 bits per heavy atom. The molecule has 1 fully saturated rings. The van der Waals surface area contributed by atoms with Gasteiger partial charge in [-0.25, -0.2) is 0 Å². The van der Waals surface area contributed by atoms with E-state index in [4.69, 9.17) is 9.47 Å². The Morgan fingerprint density at radius 3 is 2.62 bits per heavy atom. The zero-order chi connectivity index (χ0) is 17.6. The first-order valence-electron chi connectivity index (χ1n) is 8.01. The zero-order valence-corrected chi connectivity index (χ0v) is 15.1. The molecule has 1 aromatic rings. The Balaban J connectivity index is 2.12. The second kappa shape index (κ2) is 5.88. The van der Waals surface area contributed by atoms with Crippen LogP contribution in [-0.4, -0.2) is 40.8 Å². The van der Waals surface area contributed by atoms with Crippen molar-refractivity contribution in [1.29, 1.82) is 0 Å². The number of esters is 1. The first-order chi connectivity index (χ1) is 11.2. The maximum absolute atomic E-state index is 12.3. The third kappa shape index (κ3) is 2.81. The Bertz CT molecular complexity index is 708. The van der Waals surface area contributed by atoms with Gasteiger partial charge in [-0.3, -0.25) is 14.4 Å². The van der Waals surface area contributed by atoms with Gasteiger partial charge in [0, 0.05) is 26.0 Å². The molecule has 3 heterocycles. The van der Waals surface area contributed by atoms with Crippen LogP contribution in [0.1, 0.15) is 61.1 Å². The second-order valence-electron chi connectivity index (χ2n) is 6.77. The van der Waals surface area contributed by atoms with Crippen LogP contribution in [0.15, 0.2) is 6.07 Å². The molecule has 0 bridgehead atoms. The van der Waals surface area contributed by atoms with Gasteiger partial charge in [-0.05, 0) is 27.2 Å². The topological polar surface area (TPSA) is 72.9 Å².